The SMILES string of the molecule is COC(=O)C[C@@H](c1c(F)cccc1Cl)c1c(O)c2ccccc2oc1=O. The molecule has 0 aliphatic carbocycles. The highest BCUT2D eigenvalue weighted by Crippen LogP contribution is 2.39. The van der Waals surface area contributed by atoms with Gasteiger partial charge in [0.05, 0.1) is 24.5 Å². The molecule has 1 aromatic heterocycles. The summed E-state index contributed by atoms with van der Waals surface area (Å²) in [6.07, 6.45) is -0.395. The van der Waals surface area contributed by atoms with E-state index in [0.29, 0.717) is 0 Å². The second kappa shape index (κ2) is 7.17. The largest absolute Gasteiger partial charge is 0.507 e. The van der Waals surface area contributed by atoms with E-state index < -0.39 is 29.8 Å². The molecular weight excluding hydrogens is 363 g/mol. The van der Waals surface area contributed by atoms with Crippen molar-refractivity contribution in [2.24, 2.45) is 0 Å². The number of carbonyl (C=O) groups is 1. The first-order valence-corrected chi connectivity index (χ1v) is 8.07. The maximum Gasteiger partial charge on any atom is 0.343 e. The Bertz CT molecular complexity index is 1020. The van der Waals surface area contributed by atoms with Crippen LogP contribution in [0, 0.1) is 5.82 Å². The molecule has 0 saturated heterocycles. The first-order valence-electron chi connectivity index (χ1n) is 7.69. The molecule has 0 amide bonds. The summed E-state index contributed by atoms with van der Waals surface area (Å²) in [5, 5.41) is 10.9. The third-order valence-corrected chi connectivity index (χ3v) is 4.44. The van der Waals surface area contributed by atoms with Crippen molar-refractivity contribution in [1.82, 2.24) is 0 Å². The zero-order valence-corrected chi connectivity index (χ0v) is 14.4. The molecule has 134 valence electrons. The Hall–Kier alpha value is -2.86. The van der Waals surface area contributed by atoms with Crippen LogP contribution in [0.3, 0.4) is 0 Å². The van der Waals surface area contributed by atoms with Crippen LogP contribution in [-0.4, -0.2) is 18.2 Å². The van der Waals surface area contributed by atoms with Crippen LogP contribution < -0.4 is 5.63 Å². The Kier molecular flexibility index (Phi) is 4.95. The van der Waals surface area contributed by atoms with Gasteiger partial charge in [-0.25, -0.2) is 9.18 Å². The summed E-state index contributed by atoms with van der Waals surface area (Å²) in [4.78, 5) is 24.4. The van der Waals surface area contributed by atoms with E-state index in [1.54, 1.807) is 18.2 Å². The molecule has 0 radical (unpaired) electrons. The molecular formula is C19H14ClFO5. The van der Waals surface area contributed by atoms with Crippen LogP contribution in [-0.2, 0) is 9.53 Å². The second-order valence-corrected chi connectivity index (χ2v) is 6.02. The topological polar surface area (TPSA) is 76.7 Å². The summed E-state index contributed by atoms with van der Waals surface area (Å²) in [7, 11) is 1.17. The minimum absolute atomic E-state index is 0.0193. The minimum Gasteiger partial charge on any atom is -0.507 e. The number of ether oxygens (including phenoxy) is 1. The smallest absolute Gasteiger partial charge is 0.343 e. The lowest BCUT2D eigenvalue weighted by Gasteiger charge is -2.19. The number of hydrogen-bond acceptors (Lipinski definition) is 5. The Morgan fingerprint density at radius 1 is 1.23 bits per heavy atom. The predicted octanol–water partition coefficient (Wildman–Crippen LogP) is 3.99. The molecule has 0 spiro atoms. The molecule has 1 heterocycles. The van der Waals surface area contributed by atoms with Crippen molar-refractivity contribution in [1.29, 1.82) is 0 Å². The minimum atomic E-state index is -1.17. The second-order valence-electron chi connectivity index (χ2n) is 5.62. The van der Waals surface area contributed by atoms with Crippen molar-refractivity contribution in [2.75, 3.05) is 7.11 Å². The van der Waals surface area contributed by atoms with E-state index in [1.165, 1.54) is 25.3 Å². The monoisotopic (exact) mass is 376 g/mol. The van der Waals surface area contributed by atoms with E-state index in [4.69, 9.17) is 16.0 Å². The van der Waals surface area contributed by atoms with Gasteiger partial charge in [0, 0.05) is 16.5 Å². The van der Waals surface area contributed by atoms with E-state index in [9.17, 15) is 19.1 Å². The quantitative estimate of drug-likeness (QED) is 0.550. The normalized spacial score (nSPS) is 12.1. The van der Waals surface area contributed by atoms with Gasteiger partial charge in [0.25, 0.3) is 0 Å². The van der Waals surface area contributed by atoms with Crippen molar-refractivity contribution in [3.8, 4) is 5.75 Å². The van der Waals surface area contributed by atoms with E-state index in [1.807, 2.05) is 0 Å². The highest BCUT2D eigenvalue weighted by Gasteiger charge is 2.30. The van der Waals surface area contributed by atoms with E-state index in [-0.39, 0.29) is 32.9 Å². The van der Waals surface area contributed by atoms with Crippen molar-refractivity contribution in [3.63, 3.8) is 0 Å². The fraction of sp³-hybridized carbons (Fsp3) is 0.158. The molecule has 0 bridgehead atoms. The lowest BCUT2D eigenvalue weighted by Crippen LogP contribution is -2.19. The molecule has 26 heavy (non-hydrogen) atoms. The highest BCUT2D eigenvalue weighted by molar-refractivity contribution is 6.31. The lowest BCUT2D eigenvalue weighted by atomic mass is 9.87. The maximum atomic E-state index is 14.5. The molecule has 0 saturated carbocycles. The Balaban J connectivity index is 2.31. The van der Waals surface area contributed by atoms with Crippen LogP contribution in [0.15, 0.2) is 51.7 Å². The summed E-state index contributed by atoms with van der Waals surface area (Å²) in [6.45, 7) is 0. The van der Waals surface area contributed by atoms with E-state index in [0.717, 1.165) is 6.07 Å². The zero-order valence-electron chi connectivity index (χ0n) is 13.7. The lowest BCUT2D eigenvalue weighted by molar-refractivity contribution is -0.140. The van der Waals surface area contributed by atoms with Crippen molar-refractivity contribution in [2.45, 2.75) is 12.3 Å². The van der Waals surface area contributed by atoms with Crippen LogP contribution in [0.2, 0.25) is 5.02 Å². The first kappa shape index (κ1) is 17.9. The summed E-state index contributed by atoms with van der Waals surface area (Å²) in [5.74, 6) is -2.96. The molecule has 0 fully saturated rings. The first-order chi connectivity index (χ1) is 12.4. The number of esters is 1. The molecule has 1 N–H and O–H groups in total. The number of para-hydroxylation sites is 1. The van der Waals surface area contributed by atoms with E-state index >= 15 is 0 Å². The fourth-order valence-electron chi connectivity index (χ4n) is 2.90. The Labute approximate surface area is 152 Å². The van der Waals surface area contributed by atoms with Crippen LogP contribution in [0.1, 0.15) is 23.5 Å². The van der Waals surface area contributed by atoms with Gasteiger partial charge in [-0.2, -0.15) is 0 Å². The number of halogens is 2. The number of methoxy groups -OCH3 is 1. The Morgan fingerprint density at radius 2 is 1.96 bits per heavy atom. The van der Waals surface area contributed by atoms with Gasteiger partial charge in [-0.05, 0) is 24.3 Å². The fourth-order valence-corrected chi connectivity index (χ4v) is 3.19. The number of aromatic hydroxyl groups is 1. The van der Waals surface area contributed by atoms with Crippen LogP contribution in [0.5, 0.6) is 5.75 Å². The Morgan fingerprint density at radius 3 is 2.65 bits per heavy atom. The van der Waals surface area contributed by atoms with Gasteiger partial charge < -0.3 is 14.3 Å². The molecule has 3 aromatic rings. The maximum absolute atomic E-state index is 14.5. The van der Waals surface area contributed by atoms with Crippen LogP contribution >= 0.6 is 11.6 Å². The van der Waals surface area contributed by atoms with Gasteiger partial charge in [-0.3, -0.25) is 4.79 Å². The van der Waals surface area contributed by atoms with Gasteiger partial charge >= 0.3 is 11.6 Å². The highest BCUT2D eigenvalue weighted by atomic mass is 35.5. The predicted molar refractivity (Wildman–Crippen MR) is 94.0 cm³/mol. The number of benzene rings is 2. The molecule has 0 unspecified atom stereocenters. The van der Waals surface area contributed by atoms with Gasteiger partial charge in [0.1, 0.15) is 17.1 Å². The molecule has 0 aliphatic rings. The summed E-state index contributed by atoms with van der Waals surface area (Å²) < 4.78 is 24.4. The van der Waals surface area contributed by atoms with Crippen LogP contribution in [0.4, 0.5) is 4.39 Å². The summed E-state index contributed by atoms with van der Waals surface area (Å²) in [5.41, 5.74) is -1.04. The summed E-state index contributed by atoms with van der Waals surface area (Å²) in [6, 6.07) is 10.4. The van der Waals surface area contributed by atoms with Gasteiger partial charge in [0.2, 0.25) is 0 Å². The zero-order chi connectivity index (χ0) is 18.8. The molecule has 5 nitrogen and oxygen atoms in total. The number of carbonyl (C=O) groups excluding carboxylic acids is 1. The summed E-state index contributed by atoms with van der Waals surface area (Å²) >= 11 is 6.12. The molecule has 2 aromatic carbocycles. The van der Waals surface area contributed by atoms with Gasteiger partial charge in [-0.15, -0.1) is 0 Å². The standard InChI is InChI=1S/C19H14ClFO5/c1-25-15(22)9-11(16-12(20)6-4-7-13(16)21)17-18(23)10-5-2-3-8-14(10)26-19(17)24/h2-8,11,23H,9H2,1H3/t11-/m0/s1. The third-order valence-electron chi connectivity index (χ3n) is 4.11. The van der Waals surface area contributed by atoms with Crippen molar-refractivity contribution >= 4 is 28.5 Å². The van der Waals surface area contributed by atoms with Crippen molar-refractivity contribution in [3.05, 3.63) is 74.9 Å². The number of hydrogen-bond donors (Lipinski definition) is 1. The van der Waals surface area contributed by atoms with Crippen LogP contribution in [0.25, 0.3) is 11.0 Å². The molecule has 7 heteroatoms. The number of rotatable bonds is 4. The molecule has 3 rings (SSSR count). The molecule has 0 aliphatic heterocycles. The van der Waals surface area contributed by atoms with E-state index in [2.05, 4.69) is 4.74 Å². The average molecular weight is 377 g/mol. The average Bonchev–Trinajstić information content (AvgIpc) is 2.61. The van der Waals surface area contributed by atoms with Gasteiger partial charge in [-0.1, -0.05) is 29.8 Å². The van der Waals surface area contributed by atoms with Crippen molar-refractivity contribution < 1.29 is 23.4 Å². The molecule has 1 atom stereocenters. The number of fused-ring (bicyclic) bond motifs is 1. The third kappa shape index (κ3) is 3.15. The van der Waals surface area contributed by atoms with Gasteiger partial charge in [0.15, 0.2) is 0 Å².